The SMILES string of the molecule is CCCCCCCCCCCCCCCCCCCC(=O)N[C@@H](CO[C@@H]1O[C@H](CO)[C@H](O)C(O)C1O)[C@H](O)[C@H](O)CCCCCCCCCC. The molecule has 2 unspecified atom stereocenters. The molecule has 10 heteroatoms. The van der Waals surface area contributed by atoms with Gasteiger partial charge in [0.2, 0.25) is 5.91 Å². The topological polar surface area (TPSA) is 169 Å². The number of carbonyl (C=O) groups is 1. The van der Waals surface area contributed by atoms with Crippen molar-refractivity contribution in [3.8, 4) is 0 Å². The zero-order chi connectivity index (χ0) is 36.8. The predicted molar refractivity (Wildman–Crippen MR) is 200 cm³/mol. The van der Waals surface area contributed by atoms with E-state index in [1.54, 1.807) is 0 Å². The van der Waals surface area contributed by atoms with Gasteiger partial charge in [0, 0.05) is 6.42 Å². The highest BCUT2D eigenvalue weighted by Crippen LogP contribution is 2.23. The molecule has 1 heterocycles. The quantitative estimate of drug-likeness (QED) is 0.0364. The lowest BCUT2D eigenvalue weighted by Crippen LogP contribution is -2.60. The summed E-state index contributed by atoms with van der Waals surface area (Å²) in [5, 5.41) is 64.7. The van der Waals surface area contributed by atoms with Gasteiger partial charge in [-0.2, -0.15) is 0 Å². The Bertz CT molecular complexity index is 773. The van der Waals surface area contributed by atoms with Crippen LogP contribution in [0.5, 0.6) is 0 Å². The molecule has 1 aliphatic rings. The summed E-state index contributed by atoms with van der Waals surface area (Å²) in [6, 6.07) is -0.982. The summed E-state index contributed by atoms with van der Waals surface area (Å²) in [6.07, 6.45) is 21.3. The fraction of sp³-hybridized carbons (Fsp3) is 0.975. The molecule has 7 N–H and O–H groups in total. The average Bonchev–Trinajstić information content (AvgIpc) is 3.11. The van der Waals surface area contributed by atoms with E-state index in [1.807, 2.05) is 0 Å². The fourth-order valence-corrected chi connectivity index (χ4v) is 6.84. The Hall–Kier alpha value is -0.850. The van der Waals surface area contributed by atoms with Crippen LogP contribution in [0.2, 0.25) is 0 Å². The Morgan fingerprint density at radius 2 is 1.04 bits per heavy atom. The second kappa shape index (κ2) is 31.7. The molecule has 1 rings (SSSR count). The van der Waals surface area contributed by atoms with E-state index in [4.69, 9.17) is 9.47 Å². The molecule has 0 bridgehead atoms. The van der Waals surface area contributed by atoms with Crippen molar-refractivity contribution in [3.05, 3.63) is 0 Å². The summed E-state index contributed by atoms with van der Waals surface area (Å²) < 4.78 is 11.1. The second-order valence-corrected chi connectivity index (χ2v) is 14.9. The number of aliphatic hydroxyl groups is 6. The number of rotatable bonds is 34. The zero-order valence-electron chi connectivity index (χ0n) is 32.0. The number of nitrogens with one attached hydrogen (secondary N) is 1. The molecule has 0 aromatic rings. The van der Waals surface area contributed by atoms with Gasteiger partial charge in [-0.25, -0.2) is 0 Å². The molecule has 1 saturated heterocycles. The monoisotopic (exact) mass is 718 g/mol. The van der Waals surface area contributed by atoms with Gasteiger partial charge in [-0.3, -0.25) is 4.79 Å². The van der Waals surface area contributed by atoms with Gasteiger partial charge in [-0.05, 0) is 12.8 Å². The Labute approximate surface area is 305 Å². The molecule has 50 heavy (non-hydrogen) atoms. The van der Waals surface area contributed by atoms with Gasteiger partial charge in [0.05, 0.1) is 25.4 Å². The number of hydrogen-bond acceptors (Lipinski definition) is 9. The van der Waals surface area contributed by atoms with Gasteiger partial charge >= 0.3 is 0 Å². The van der Waals surface area contributed by atoms with Crippen LogP contribution in [0.25, 0.3) is 0 Å². The van der Waals surface area contributed by atoms with Crippen LogP contribution >= 0.6 is 0 Å². The number of ether oxygens (including phenoxy) is 2. The summed E-state index contributed by atoms with van der Waals surface area (Å²) in [6.45, 7) is 3.56. The van der Waals surface area contributed by atoms with Crippen LogP contribution < -0.4 is 5.32 Å². The normalized spacial score (nSPS) is 22.8. The van der Waals surface area contributed by atoms with E-state index < -0.39 is 55.6 Å². The highest BCUT2D eigenvalue weighted by molar-refractivity contribution is 5.76. The largest absolute Gasteiger partial charge is 0.394 e. The first kappa shape index (κ1) is 47.2. The van der Waals surface area contributed by atoms with E-state index in [9.17, 15) is 35.4 Å². The molecular formula is C40H79NO9. The summed E-state index contributed by atoms with van der Waals surface area (Å²) in [5.41, 5.74) is 0. The first-order chi connectivity index (χ1) is 24.3. The van der Waals surface area contributed by atoms with E-state index in [1.165, 1.54) is 116 Å². The maximum atomic E-state index is 12.9. The van der Waals surface area contributed by atoms with Gasteiger partial charge in [0.25, 0.3) is 0 Å². The predicted octanol–water partition coefficient (Wildman–Crippen LogP) is 6.58. The van der Waals surface area contributed by atoms with Crippen molar-refractivity contribution in [1.29, 1.82) is 0 Å². The van der Waals surface area contributed by atoms with Crippen LogP contribution in [0.4, 0.5) is 0 Å². The molecule has 0 radical (unpaired) electrons. The zero-order valence-corrected chi connectivity index (χ0v) is 32.0. The Balaban J connectivity index is 2.39. The first-order valence-electron chi connectivity index (χ1n) is 20.8. The van der Waals surface area contributed by atoms with E-state index in [-0.39, 0.29) is 18.9 Å². The van der Waals surface area contributed by atoms with Gasteiger partial charge in [0.1, 0.15) is 30.5 Å². The summed E-state index contributed by atoms with van der Waals surface area (Å²) in [5.74, 6) is -0.258. The summed E-state index contributed by atoms with van der Waals surface area (Å²) in [7, 11) is 0. The lowest BCUT2D eigenvalue weighted by atomic mass is 9.98. The maximum absolute atomic E-state index is 12.9. The molecule has 0 aliphatic carbocycles. The lowest BCUT2D eigenvalue weighted by molar-refractivity contribution is -0.303. The Kier molecular flexibility index (Phi) is 29.9. The number of hydrogen-bond donors (Lipinski definition) is 7. The lowest BCUT2D eigenvalue weighted by Gasteiger charge is -2.40. The smallest absolute Gasteiger partial charge is 0.220 e. The van der Waals surface area contributed by atoms with E-state index in [2.05, 4.69) is 19.2 Å². The molecule has 0 saturated carbocycles. The Morgan fingerprint density at radius 1 is 0.620 bits per heavy atom. The van der Waals surface area contributed by atoms with Crippen LogP contribution in [0, 0.1) is 0 Å². The average molecular weight is 718 g/mol. The highest BCUT2D eigenvalue weighted by Gasteiger charge is 2.44. The minimum absolute atomic E-state index is 0.258. The third kappa shape index (κ3) is 22.3. The molecule has 0 aromatic heterocycles. The molecule has 10 nitrogen and oxygen atoms in total. The molecule has 298 valence electrons. The molecule has 1 amide bonds. The van der Waals surface area contributed by atoms with Crippen LogP contribution in [-0.4, -0.2) is 98.7 Å². The number of carbonyl (C=O) groups excluding carboxylic acids is 1. The minimum atomic E-state index is -1.60. The Morgan fingerprint density at radius 3 is 1.48 bits per heavy atom. The summed E-state index contributed by atoms with van der Waals surface area (Å²) in [4.78, 5) is 12.9. The second-order valence-electron chi connectivity index (χ2n) is 14.9. The van der Waals surface area contributed by atoms with Crippen molar-refractivity contribution < 1.29 is 44.9 Å². The first-order valence-corrected chi connectivity index (χ1v) is 20.8. The van der Waals surface area contributed by atoms with E-state index >= 15 is 0 Å². The van der Waals surface area contributed by atoms with Crippen LogP contribution in [0.15, 0.2) is 0 Å². The molecule has 0 spiro atoms. The van der Waals surface area contributed by atoms with Crippen molar-refractivity contribution in [2.24, 2.45) is 0 Å². The fourth-order valence-electron chi connectivity index (χ4n) is 6.84. The summed E-state index contributed by atoms with van der Waals surface area (Å²) >= 11 is 0. The standard InChI is InChI=1S/C40H79NO9/c1-3-5-7-9-11-13-14-15-16-17-18-19-20-21-23-25-27-29-35(44)41-32(31-49-40-39(48)38(47)37(46)34(30-42)50-40)36(45)33(43)28-26-24-22-12-10-8-6-4-2/h32-34,36-40,42-43,45-48H,3-31H2,1-2H3,(H,41,44)/t32-,33+,34+,36-,37-,38?,39?,40+/m0/s1. The van der Waals surface area contributed by atoms with Crippen LogP contribution in [-0.2, 0) is 14.3 Å². The molecular weight excluding hydrogens is 638 g/mol. The number of unbranched alkanes of at least 4 members (excludes halogenated alkanes) is 23. The van der Waals surface area contributed by atoms with Crippen molar-refractivity contribution in [2.75, 3.05) is 13.2 Å². The van der Waals surface area contributed by atoms with Crippen molar-refractivity contribution >= 4 is 5.91 Å². The van der Waals surface area contributed by atoms with Crippen molar-refractivity contribution in [2.45, 2.75) is 236 Å². The van der Waals surface area contributed by atoms with Gasteiger partial charge in [0.15, 0.2) is 6.29 Å². The molecule has 1 fully saturated rings. The number of aliphatic hydroxyl groups excluding tert-OH is 6. The third-order valence-electron chi connectivity index (χ3n) is 10.3. The van der Waals surface area contributed by atoms with Gasteiger partial charge in [-0.15, -0.1) is 0 Å². The number of amides is 1. The highest BCUT2D eigenvalue weighted by atomic mass is 16.7. The third-order valence-corrected chi connectivity index (χ3v) is 10.3. The van der Waals surface area contributed by atoms with E-state index in [0.29, 0.717) is 6.42 Å². The van der Waals surface area contributed by atoms with Crippen molar-refractivity contribution in [3.63, 3.8) is 0 Å². The van der Waals surface area contributed by atoms with Crippen LogP contribution in [0.3, 0.4) is 0 Å². The van der Waals surface area contributed by atoms with Crippen LogP contribution in [0.1, 0.15) is 187 Å². The van der Waals surface area contributed by atoms with Crippen molar-refractivity contribution in [1.82, 2.24) is 5.32 Å². The molecule has 1 aliphatic heterocycles. The van der Waals surface area contributed by atoms with Gasteiger partial charge < -0.3 is 45.4 Å². The van der Waals surface area contributed by atoms with E-state index in [0.717, 1.165) is 44.9 Å². The molecule has 8 atom stereocenters. The maximum Gasteiger partial charge on any atom is 0.220 e. The molecule has 0 aromatic carbocycles. The minimum Gasteiger partial charge on any atom is -0.394 e. The van der Waals surface area contributed by atoms with Gasteiger partial charge in [-0.1, -0.05) is 168 Å².